The number of benzene rings is 1. The summed E-state index contributed by atoms with van der Waals surface area (Å²) >= 11 is 0. The van der Waals surface area contributed by atoms with E-state index in [1.807, 2.05) is 0 Å². The van der Waals surface area contributed by atoms with Crippen molar-refractivity contribution in [3.63, 3.8) is 0 Å². The average Bonchev–Trinajstić information content (AvgIpc) is 2.43. The normalized spacial score (nSPS) is 10.9. The molecule has 19 heavy (non-hydrogen) atoms. The third kappa shape index (κ3) is 5.26. The molecule has 0 aliphatic rings. The molecule has 0 bridgehead atoms. The highest BCUT2D eigenvalue weighted by Gasteiger charge is 2.08. The first kappa shape index (κ1) is 16.1. The lowest BCUT2D eigenvalue weighted by atomic mass is 9.96. The molecular weight excluding hydrogens is 232 g/mol. The Kier molecular flexibility index (Phi) is 7.62. The summed E-state index contributed by atoms with van der Waals surface area (Å²) in [5.74, 6) is 0.549. The van der Waals surface area contributed by atoms with Crippen molar-refractivity contribution in [3.05, 3.63) is 28.8 Å². The summed E-state index contributed by atoms with van der Waals surface area (Å²) in [7, 11) is 0. The number of rotatable bonds is 9. The average molecular weight is 262 g/mol. The van der Waals surface area contributed by atoms with Gasteiger partial charge in [0.05, 0.1) is 0 Å². The number of hydrogen-bond acceptors (Lipinski definition) is 1. The quantitative estimate of drug-likeness (QED) is 0.589. The summed E-state index contributed by atoms with van der Waals surface area (Å²) < 4.78 is 0. The Morgan fingerprint density at radius 3 is 2.11 bits per heavy atom. The van der Waals surface area contributed by atoms with Gasteiger partial charge in [-0.15, -0.1) is 0 Å². The van der Waals surface area contributed by atoms with Crippen LogP contribution >= 0.6 is 0 Å². The molecule has 0 saturated heterocycles. The Bertz CT molecular complexity index is 368. The maximum Gasteiger partial charge on any atom is 0.121 e. The van der Waals surface area contributed by atoms with Crippen LogP contribution in [0.5, 0.6) is 5.75 Å². The molecule has 0 saturated carbocycles. The van der Waals surface area contributed by atoms with E-state index in [1.54, 1.807) is 0 Å². The van der Waals surface area contributed by atoms with E-state index in [-0.39, 0.29) is 0 Å². The molecule has 0 amide bonds. The zero-order valence-corrected chi connectivity index (χ0v) is 13.0. The summed E-state index contributed by atoms with van der Waals surface area (Å²) in [6, 6.07) is 4.44. The molecule has 0 atom stereocenters. The first-order valence-corrected chi connectivity index (χ1v) is 8.06. The van der Waals surface area contributed by atoms with Crippen LogP contribution in [0.15, 0.2) is 12.1 Å². The molecule has 1 N–H and O–H groups in total. The van der Waals surface area contributed by atoms with E-state index >= 15 is 0 Å². The van der Waals surface area contributed by atoms with Crippen molar-refractivity contribution in [2.75, 3.05) is 0 Å². The highest BCUT2D eigenvalue weighted by Crippen LogP contribution is 2.27. The molecule has 0 aliphatic carbocycles. The second kappa shape index (κ2) is 9.01. The van der Waals surface area contributed by atoms with Crippen LogP contribution in [0.1, 0.15) is 76.0 Å². The molecule has 1 heteroatoms. The highest BCUT2D eigenvalue weighted by molar-refractivity contribution is 5.44. The van der Waals surface area contributed by atoms with Crippen molar-refractivity contribution in [1.29, 1.82) is 0 Å². The number of hydrogen-bond donors (Lipinski definition) is 1. The number of phenolic OH excluding ortho intramolecular Hbond substituents is 1. The fourth-order valence-electron chi connectivity index (χ4n) is 2.56. The van der Waals surface area contributed by atoms with Crippen LogP contribution in [0.25, 0.3) is 0 Å². The van der Waals surface area contributed by atoms with Crippen LogP contribution < -0.4 is 0 Å². The fourth-order valence-corrected chi connectivity index (χ4v) is 2.56. The summed E-state index contributed by atoms with van der Waals surface area (Å²) in [5, 5.41) is 10.2. The van der Waals surface area contributed by atoms with Crippen molar-refractivity contribution in [2.24, 2.45) is 0 Å². The minimum Gasteiger partial charge on any atom is -0.507 e. The van der Waals surface area contributed by atoms with Crippen LogP contribution in [-0.4, -0.2) is 5.11 Å². The summed E-state index contributed by atoms with van der Waals surface area (Å²) in [6.45, 7) is 6.57. The van der Waals surface area contributed by atoms with E-state index in [9.17, 15) is 5.11 Å². The number of aromatic hydroxyl groups is 1. The zero-order chi connectivity index (χ0) is 14.1. The molecule has 1 nitrogen and oxygen atoms in total. The molecule has 0 heterocycles. The van der Waals surface area contributed by atoms with Crippen molar-refractivity contribution in [3.8, 4) is 5.75 Å². The fraction of sp³-hybridized carbons (Fsp3) is 0.667. The molecular formula is C18H30O. The number of phenols is 1. The Morgan fingerprint density at radius 1 is 0.789 bits per heavy atom. The lowest BCUT2D eigenvalue weighted by molar-refractivity contribution is 0.460. The van der Waals surface area contributed by atoms with Gasteiger partial charge < -0.3 is 5.11 Å². The first-order chi connectivity index (χ1) is 9.22. The molecule has 0 aromatic heterocycles. The van der Waals surface area contributed by atoms with E-state index in [1.165, 1.54) is 37.7 Å². The van der Waals surface area contributed by atoms with Crippen LogP contribution in [0, 0.1) is 0 Å². The minimum absolute atomic E-state index is 0.549. The molecule has 0 radical (unpaired) electrons. The highest BCUT2D eigenvalue weighted by atomic mass is 16.3. The maximum absolute atomic E-state index is 10.2. The third-order valence-electron chi connectivity index (χ3n) is 3.83. The van der Waals surface area contributed by atoms with E-state index < -0.39 is 0 Å². The largest absolute Gasteiger partial charge is 0.507 e. The van der Waals surface area contributed by atoms with E-state index in [0.717, 1.165) is 36.8 Å². The monoisotopic (exact) mass is 262 g/mol. The predicted molar refractivity (Wildman–Crippen MR) is 83.9 cm³/mol. The second-order valence-corrected chi connectivity index (χ2v) is 5.53. The van der Waals surface area contributed by atoms with Crippen LogP contribution in [0.2, 0.25) is 0 Å². The van der Waals surface area contributed by atoms with Gasteiger partial charge in [-0.05, 0) is 48.8 Å². The van der Waals surface area contributed by atoms with Gasteiger partial charge in [0.25, 0.3) is 0 Å². The standard InChI is InChI=1S/C18H30O/c1-4-7-9-10-11-15-13-16(6-3)18(19)17(14-15)12-8-5-2/h13-14,19H,4-12H2,1-3H3. The van der Waals surface area contributed by atoms with E-state index in [4.69, 9.17) is 0 Å². The van der Waals surface area contributed by atoms with E-state index in [0.29, 0.717) is 5.75 Å². The minimum atomic E-state index is 0.549. The third-order valence-corrected chi connectivity index (χ3v) is 3.83. The lowest BCUT2D eigenvalue weighted by Gasteiger charge is -2.12. The van der Waals surface area contributed by atoms with Crippen molar-refractivity contribution < 1.29 is 5.11 Å². The molecule has 0 unspecified atom stereocenters. The zero-order valence-electron chi connectivity index (χ0n) is 13.0. The number of unbranched alkanes of at least 4 members (excludes halogenated alkanes) is 4. The van der Waals surface area contributed by atoms with Crippen molar-refractivity contribution >= 4 is 0 Å². The SMILES string of the molecule is CCCCCCc1cc(CC)c(O)c(CCCC)c1. The molecule has 1 rings (SSSR count). The molecule has 0 fully saturated rings. The Morgan fingerprint density at radius 2 is 1.47 bits per heavy atom. The molecule has 0 spiro atoms. The lowest BCUT2D eigenvalue weighted by Crippen LogP contribution is -1.96. The molecule has 1 aromatic carbocycles. The van der Waals surface area contributed by atoms with Gasteiger partial charge >= 0.3 is 0 Å². The van der Waals surface area contributed by atoms with Gasteiger partial charge in [0.1, 0.15) is 5.75 Å². The van der Waals surface area contributed by atoms with E-state index in [2.05, 4.69) is 32.9 Å². The van der Waals surface area contributed by atoms with Gasteiger partial charge in [-0.1, -0.05) is 58.6 Å². The summed E-state index contributed by atoms with van der Waals surface area (Å²) in [5.41, 5.74) is 3.70. The maximum atomic E-state index is 10.2. The first-order valence-electron chi connectivity index (χ1n) is 8.06. The Hall–Kier alpha value is -0.980. The topological polar surface area (TPSA) is 20.2 Å². The second-order valence-electron chi connectivity index (χ2n) is 5.53. The molecule has 1 aromatic rings. The predicted octanol–water partition coefficient (Wildman–Crippen LogP) is 5.42. The molecule has 108 valence electrons. The van der Waals surface area contributed by atoms with Gasteiger partial charge in [-0.25, -0.2) is 0 Å². The van der Waals surface area contributed by atoms with Crippen LogP contribution in [0.4, 0.5) is 0 Å². The molecule has 0 aliphatic heterocycles. The van der Waals surface area contributed by atoms with Crippen LogP contribution in [0.3, 0.4) is 0 Å². The smallest absolute Gasteiger partial charge is 0.121 e. The van der Waals surface area contributed by atoms with Crippen LogP contribution in [-0.2, 0) is 19.3 Å². The number of aryl methyl sites for hydroxylation is 3. The van der Waals surface area contributed by atoms with Crippen molar-refractivity contribution in [2.45, 2.75) is 78.6 Å². The van der Waals surface area contributed by atoms with Gasteiger partial charge in [-0.2, -0.15) is 0 Å². The Labute approximate surface area is 119 Å². The van der Waals surface area contributed by atoms with Gasteiger partial charge in [0.2, 0.25) is 0 Å². The van der Waals surface area contributed by atoms with Crippen molar-refractivity contribution in [1.82, 2.24) is 0 Å². The summed E-state index contributed by atoms with van der Waals surface area (Å²) in [4.78, 5) is 0. The van der Waals surface area contributed by atoms with Gasteiger partial charge in [0, 0.05) is 0 Å². The summed E-state index contributed by atoms with van der Waals surface area (Å²) in [6.07, 6.45) is 10.7. The Balaban J connectivity index is 2.74. The van der Waals surface area contributed by atoms with Gasteiger partial charge in [0.15, 0.2) is 0 Å². The van der Waals surface area contributed by atoms with Gasteiger partial charge in [-0.3, -0.25) is 0 Å².